The van der Waals surface area contributed by atoms with Gasteiger partial charge in [-0.1, -0.05) is 13.8 Å². The molecule has 0 spiro atoms. The van der Waals surface area contributed by atoms with Crippen LogP contribution in [0.1, 0.15) is 20.8 Å². The lowest BCUT2D eigenvalue weighted by atomic mass is 10.1. The lowest BCUT2D eigenvalue weighted by Crippen LogP contribution is -2.51. The van der Waals surface area contributed by atoms with E-state index in [1.807, 2.05) is 13.8 Å². The maximum absolute atomic E-state index is 11.3. The SMILES string of the molecule is CC(C)[C@H](C=O)NC(=O)[C@H](N)[C@H](C)O. The number of carbonyl (C=O) groups is 2. The summed E-state index contributed by atoms with van der Waals surface area (Å²) >= 11 is 0. The lowest BCUT2D eigenvalue weighted by Gasteiger charge is -2.20. The number of hydrogen-bond acceptors (Lipinski definition) is 4. The third-order valence-corrected chi connectivity index (χ3v) is 2.00. The number of aldehydes is 1. The van der Waals surface area contributed by atoms with E-state index in [1.54, 1.807) is 0 Å². The van der Waals surface area contributed by atoms with Gasteiger partial charge in [-0.05, 0) is 12.8 Å². The van der Waals surface area contributed by atoms with Gasteiger partial charge in [-0.25, -0.2) is 0 Å². The molecule has 5 heteroatoms. The van der Waals surface area contributed by atoms with Crippen LogP contribution < -0.4 is 11.1 Å². The van der Waals surface area contributed by atoms with Crippen LogP contribution in [0.4, 0.5) is 0 Å². The monoisotopic (exact) mass is 202 g/mol. The molecule has 0 heterocycles. The van der Waals surface area contributed by atoms with Gasteiger partial charge in [0.2, 0.25) is 5.91 Å². The minimum absolute atomic E-state index is 0.0117. The summed E-state index contributed by atoms with van der Waals surface area (Å²) in [6, 6.07) is -1.54. The number of nitrogens with two attached hydrogens (primary N) is 1. The van der Waals surface area contributed by atoms with E-state index >= 15 is 0 Å². The summed E-state index contributed by atoms with van der Waals surface area (Å²) in [4.78, 5) is 21.9. The molecule has 0 aliphatic rings. The molecule has 0 unspecified atom stereocenters. The molecule has 0 radical (unpaired) electrons. The first-order valence-electron chi connectivity index (χ1n) is 4.59. The Labute approximate surface area is 83.7 Å². The Morgan fingerprint density at radius 1 is 1.43 bits per heavy atom. The highest BCUT2D eigenvalue weighted by Crippen LogP contribution is 1.99. The highest BCUT2D eigenvalue weighted by atomic mass is 16.3. The molecular formula is C9H18N2O3. The minimum Gasteiger partial charge on any atom is -0.391 e. The number of aliphatic hydroxyl groups is 1. The van der Waals surface area contributed by atoms with Gasteiger partial charge in [0.25, 0.3) is 0 Å². The van der Waals surface area contributed by atoms with Gasteiger partial charge in [-0.15, -0.1) is 0 Å². The smallest absolute Gasteiger partial charge is 0.240 e. The van der Waals surface area contributed by atoms with Crippen molar-refractivity contribution in [3.8, 4) is 0 Å². The van der Waals surface area contributed by atoms with Crippen LogP contribution in [0.15, 0.2) is 0 Å². The Morgan fingerprint density at radius 3 is 2.21 bits per heavy atom. The third kappa shape index (κ3) is 3.85. The van der Waals surface area contributed by atoms with Crippen molar-refractivity contribution in [1.29, 1.82) is 0 Å². The van der Waals surface area contributed by atoms with Crippen LogP contribution >= 0.6 is 0 Å². The fraction of sp³-hybridized carbons (Fsp3) is 0.778. The molecule has 4 N–H and O–H groups in total. The van der Waals surface area contributed by atoms with Gasteiger partial charge in [0.1, 0.15) is 12.3 Å². The normalized spacial score (nSPS) is 17.3. The van der Waals surface area contributed by atoms with Crippen LogP contribution in [0.25, 0.3) is 0 Å². The molecule has 82 valence electrons. The van der Waals surface area contributed by atoms with Crippen LogP contribution in [0.5, 0.6) is 0 Å². The molecule has 0 aromatic heterocycles. The molecule has 0 fully saturated rings. The van der Waals surface area contributed by atoms with Gasteiger partial charge < -0.3 is 21.0 Å². The van der Waals surface area contributed by atoms with E-state index in [0.717, 1.165) is 0 Å². The summed E-state index contributed by atoms with van der Waals surface area (Å²) < 4.78 is 0. The number of aliphatic hydroxyl groups excluding tert-OH is 1. The molecule has 0 bridgehead atoms. The lowest BCUT2D eigenvalue weighted by molar-refractivity contribution is -0.127. The summed E-state index contributed by atoms with van der Waals surface area (Å²) in [7, 11) is 0. The second-order valence-corrected chi connectivity index (χ2v) is 3.68. The van der Waals surface area contributed by atoms with Crippen molar-refractivity contribution in [2.75, 3.05) is 0 Å². The predicted octanol–water partition coefficient (Wildman–Crippen LogP) is -0.966. The Morgan fingerprint density at radius 2 is 1.93 bits per heavy atom. The van der Waals surface area contributed by atoms with E-state index < -0.39 is 24.1 Å². The van der Waals surface area contributed by atoms with Crippen molar-refractivity contribution in [2.24, 2.45) is 11.7 Å². The number of rotatable bonds is 5. The fourth-order valence-corrected chi connectivity index (χ4v) is 0.837. The Kier molecular flexibility index (Phi) is 5.34. The van der Waals surface area contributed by atoms with Crippen LogP contribution in [-0.2, 0) is 9.59 Å². The average molecular weight is 202 g/mol. The predicted molar refractivity (Wildman–Crippen MR) is 52.5 cm³/mol. The van der Waals surface area contributed by atoms with Crippen molar-refractivity contribution in [3.63, 3.8) is 0 Å². The first kappa shape index (κ1) is 13.1. The van der Waals surface area contributed by atoms with Gasteiger partial charge in [0.05, 0.1) is 12.1 Å². The van der Waals surface area contributed by atoms with Crippen LogP contribution in [-0.4, -0.2) is 35.5 Å². The molecule has 3 atom stereocenters. The van der Waals surface area contributed by atoms with Crippen molar-refractivity contribution in [2.45, 2.75) is 39.0 Å². The number of carbonyl (C=O) groups excluding carboxylic acids is 2. The number of nitrogens with one attached hydrogen (secondary N) is 1. The standard InChI is InChI=1S/C9H18N2O3/c1-5(2)7(4-12)11-9(14)8(10)6(3)13/h4-8,13H,10H2,1-3H3,(H,11,14)/t6-,7-,8+/m0/s1. The van der Waals surface area contributed by atoms with Crippen molar-refractivity contribution >= 4 is 12.2 Å². The van der Waals surface area contributed by atoms with Crippen LogP contribution in [0.2, 0.25) is 0 Å². The van der Waals surface area contributed by atoms with Gasteiger partial charge in [-0.3, -0.25) is 4.79 Å². The van der Waals surface area contributed by atoms with E-state index in [-0.39, 0.29) is 5.92 Å². The van der Waals surface area contributed by atoms with Crippen LogP contribution in [0.3, 0.4) is 0 Å². The second-order valence-electron chi connectivity index (χ2n) is 3.68. The highest BCUT2D eigenvalue weighted by Gasteiger charge is 2.22. The zero-order valence-electron chi connectivity index (χ0n) is 8.73. The molecule has 0 aromatic rings. The zero-order valence-corrected chi connectivity index (χ0v) is 8.73. The van der Waals surface area contributed by atoms with Gasteiger partial charge >= 0.3 is 0 Å². The summed E-state index contributed by atoms with van der Waals surface area (Å²) in [5.41, 5.74) is 5.39. The van der Waals surface area contributed by atoms with E-state index in [9.17, 15) is 9.59 Å². The van der Waals surface area contributed by atoms with Crippen molar-refractivity contribution < 1.29 is 14.7 Å². The molecule has 0 aromatic carbocycles. The van der Waals surface area contributed by atoms with Crippen molar-refractivity contribution in [3.05, 3.63) is 0 Å². The average Bonchev–Trinajstić information content (AvgIpc) is 2.11. The topological polar surface area (TPSA) is 92.4 Å². The van der Waals surface area contributed by atoms with Crippen molar-refractivity contribution in [1.82, 2.24) is 5.32 Å². The molecule has 0 saturated heterocycles. The number of amides is 1. The highest BCUT2D eigenvalue weighted by molar-refractivity contribution is 5.84. The molecule has 1 amide bonds. The van der Waals surface area contributed by atoms with E-state index in [2.05, 4.69) is 5.32 Å². The molecular weight excluding hydrogens is 184 g/mol. The molecule has 0 aliphatic carbocycles. The van der Waals surface area contributed by atoms with Crippen LogP contribution in [0, 0.1) is 5.92 Å². The Balaban J connectivity index is 4.22. The van der Waals surface area contributed by atoms with E-state index in [4.69, 9.17) is 10.8 Å². The van der Waals surface area contributed by atoms with Gasteiger partial charge in [0.15, 0.2) is 0 Å². The summed E-state index contributed by atoms with van der Waals surface area (Å²) in [5.74, 6) is -0.497. The maximum Gasteiger partial charge on any atom is 0.240 e. The number of hydrogen-bond donors (Lipinski definition) is 3. The van der Waals surface area contributed by atoms with Gasteiger partial charge in [-0.2, -0.15) is 0 Å². The van der Waals surface area contributed by atoms with E-state index in [1.165, 1.54) is 6.92 Å². The maximum atomic E-state index is 11.3. The summed E-state index contributed by atoms with van der Waals surface area (Å²) in [6.45, 7) is 5.05. The van der Waals surface area contributed by atoms with Gasteiger partial charge in [0, 0.05) is 0 Å². The summed E-state index contributed by atoms with van der Waals surface area (Å²) in [5, 5.41) is 11.5. The molecule has 0 aliphatic heterocycles. The Hall–Kier alpha value is -0.940. The second kappa shape index (κ2) is 5.72. The third-order valence-electron chi connectivity index (χ3n) is 2.00. The zero-order chi connectivity index (χ0) is 11.3. The molecule has 0 saturated carbocycles. The largest absolute Gasteiger partial charge is 0.391 e. The molecule has 0 rings (SSSR count). The first-order chi connectivity index (χ1) is 6.40. The fourth-order valence-electron chi connectivity index (χ4n) is 0.837. The Bertz CT molecular complexity index is 204. The molecule has 5 nitrogen and oxygen atoms in total. The minimum atomic E-state index is -0.990. The summed E-state index contributed by atoms with van der Waals surface area (Å²) in [6.07, 6.45) is -0.258. The quantitative estimate of drug-likeness (QED) is 0.500. The van der Waals surface area contributed by atoms with E-state index in [0.29, 0.717) is 6.29 Å². The molecule has 14 heavy (non-hydrogen) atoms. The first-order valence-corrected chi connectivity index (χ1v) is 4.59.